The van der Waals surface area contributed by atoms with Crippen LogP contribution in [0.25, 0.3) is 10.2 Å². The Balaban J connectivity index is 1.86. The second-order valence-corrected chi connectivity index (χ2v) is 6.23. The Morgan fingerprint density at radius 3 is 2.89 bits per heavy atom. The lowest BCUT2D eigenvalue weighted by atomic mass is 9.80. The van der Waals surface area contributed by atoms with E-state index in [9.17, 15) is 0 Å². The van der Waals surface area contributed by atoms with Crippen molar-refractivity contribution in [3.8, 4) is 0 Å². The van der Waals surface area contributed by atoms with E-state index in [1.807, 2.05) is 0 Å². The zero-order chi connectivity index (χ0) is 12.6. The molecule has 2 aromatic heterocycles. The van der Waals surface area contributed by atoms with Gasteiger partial charge in [-0.2, -0.15) is 0 Å². The van der Waals surface area contributed by atoms with Crippen LogP contribution in [0.3, 0.4) is 0 Å². The summed E-state index contributed by atoms with van der Waals surface area (Å²) in [5, 5.41) is 3.26. The molecule has 4 nitrogen and oxygen atoms in total. The maximum atomic E-state index is 5.85. The summed E-state index contributed by atoms with van der Waals surface area (Å²) < 4.78 is 0. The maximum Gasteiger partial charge on any atom is 0.140 e. The van der Waals surface area contributed by atoms with Gasteiger partial charge in [-0.15, -0.1) is 11.3 Å². The molecule has 0 amide bonds. The number of nitrogens with zero attached hydrogens (tertiary/aromatic N) is 3. The fraction of sp³-hybridized carbons (Fsp3) is 0.538. The summed E-state index contributed by atoms with van der Waals surface area (Å²) in [5.41, 5.74) is 6.16. The van der Waals surface area contributed by atoms with Crippen LogP contribution in [0.1, 0.15) is 19.8 Å². The van der Waals surface area contributed by atoms with E-state index in [4.69, 9.17) is 5.73 Å². The zero-order valence-corrected chi connectivity index (χ0v) is 11.4. The molecule has 1 fully saturated rings. The highest BCUT2D eigenvalue weighted by atomic mass is 32.1. The number of nitrogens with two attached hydrogens (primary N) is 1. The van der Waals surface area contributed by atoms with Gasteiger partial charge in [-0.1, -0.05) is 6.92 Å². The number of anilines is 1. The van der Waals surface area contributed by atoms with Gasteiger partial charge in [-0.05, 0) is 36.2 Å². The van der Waals surface area contributed by atoms with Crippen LogP contribution in [0.5, 0.6) is 0 Å². The summed E-state index contributed by atoms with van der Waals surface area (Å²) in [5.74, 6) is 1.08. The van der Waals surface area contributed by atoms with Crippen molar-refractivity contribution in [3.05, 3.63) is 17.8 Å². The first-order chi connectivity index (χ1) is 8.72. The lowest BCUT2D eigenvalue weighted by Gasteiger charge is -2.39. The van der Waals surface area contributed by atoms with E-state index in [1.54, 1.807) is 17.7 Å². The van der Waals surface area contributed by atoms with Crippen LogP contribution in [0.2, 0.25) is 0 Å². The molecule has 5 heteroatoms. The third-order valence-electron chi connectivity index (χ3n) is 4.00. The molecule has 96 valence electrons. The first kappa shape index (κ1) is 11.9. The van der Waals surface area contributed by atoms with Gasteiger partial charge in [0, 0.05) is 13.1 Å². The predicted octanol–water partition coefficient (Wildman–Crippen LogP) is 2.26. The molecule has 3 rings (SSSR count). The summed E-state index contributed by atoms with van der Waals surface area (Å²) in [6, 6.07) is 2.12. The molecule has 0 spiro atoms. The second kappa shape index (κ2) is 4.48. The molecular formula is C13H18N4S. The number of hydrogen-bond donors (Lipinski definition) is 1. The van der Waals surface area contributed by atoms with Crippen molar-refractivity contribution in [1.82, 2.24) is 9.97 Å². The molecule has 2 aromatic rings. The van der Waals surface area contributed by atoms with Crippen molar-refractivity contribution in [1.29, 1.82) is 0 Å². The van der Waals surface area contributed by atoms with Crippen molar-refractivity contribution in [3.63, 3.8) is 0 Å². The SMILES string of the molecule is CC1(CN)CCN(c2ncnc3sccc23)CC1. The molecule has 2 N–H and O–H groups in total. The van der Waals surface area contributed by atoms with Gasteiger partial charge in [0.2, 0.25) is 0 Å². The van der Waals surface area contributed by atoms with Gasteiger partial charge in [-0.25, -0.2) is 9.97 Å². The first-order valence-corrected chi connectivity index (χ1v) is 7.23. The highest BCUT2D eigenvalue weighted by Gasteiger charge is 2.29. The van der Waals surface area contributed by atoms with Gasteiger partial charge in [0.25, 0.3) is 0 Å². The minimum atomic E-state index is 0.303. The maximum absolute atomic E-state index is 5.85. The fourth-order valence-electron chi connectivity index (χ4n) is 2.49. The lowest BCUT2D eigenvalue weighted by Crippen LogP contribution is -2.42. The average molecular weight is 262 g/mol. The molecule has 0 saturated carbocycles. The van der Waals surface area contributed by atoms with Crippen molar-refractivity contribution in [2.45, 2.75) is 19.8 Å². The molecule has 1 saturated heterocycles. The van der Waals surface area contributed by atoms with Gasteiger partial charge in [0.05, 0.1) is 5.39 Å². The summed E-state index contributed by atoms with van der Waals surface area (Å²) in [7, 11) is 0. The Hall–Kier alpha value is -1.20. The topological polar surface area (TPSA) is 55.0 Å². The van der Waals surface area contributed by atoms with E-state index < -0.39 is 0 Å². The van der Waals surface area contributed by atoms with Crippen LogP contribution in [0.4, 0.5) is 5.82 Å². The smallest absolute Gasteiger partial charge is 0.140 e. The number of aromatic nitrogens is 2. The highest BCUT2D eigenvalue weighted by molar-refractivity contribution is 7.16. The van der Waals surface area contributed by atoms with Crippen molar-refractivity contribution in [2.24, 2.45) is 11.1 Å². The van der Waals surface area contributed by atoms with Crippen molar-refractivity contribution < 1.29 is 0 Å². The number of hydrogen-bond acceptors (Lipinski definition) is 5. The number of fused-ring (bicyclic) bond motifs is 1. The first-order valence-electron chi connectivity index (χ1n) is 6.35. The molecule has 0 aliphatic carbocycles. The normalized spacial score (nSPS) is 19.3. The molecule has 1 aliphatic heterocycles. The summed E-state index contributed by atoms with van der Waals surface area (Å²) >= 11 is 1.67. The minimum absolute atomic E-state index is 0.303. The third-order valence-corrected chi connectivity index (χ3v) is 4.82. The Morgan fingerprint density at radius 1 is 1.39 bits per heavy atom. The minimum Gasteiger partial charge on any atom is -0.356 e. The largest absolute Gasteiger partial charge is 0.356 e. The van der Waals surface area contributed by atoms with Gasteiger partial charge >= 0.3 is 0 Å². The molecule has 1 aliphatic rings. The molecule has 0 atom stereocenters. The lowest BCUT2D eigenvalue weighted by molar-refractivity contribution is 0.258. The van der Waals surface area contributed by atoms with E-state index >= 15 is 0 Å². The van der Waals surface area contributed by atoms with Gasteiger partial charge in [0.1, 0.15) is 17.0 Å². The molecule has 0 unspecified atom stereocenters. The molecule has 0 aromatic carbocycles. The zero-order valence-electron chi connectivity index (χ0n) is 10.6. The summed E-state index contributed by atoms with van der Waals surface area (Å²) in [4.78, 5) is 12.2. The summed E-state index contributed by atoms with van der Waals surface area (Å²) in [6.07, 6.45) is 3.95. The fourth-order valence-corrected chi connectivity index (χ4v) is 3.22. The Morgan fingerprint density at radius 2 is 2.17 bits per heavy atom. The predicted molar refractivity (Wildman–Crippen MR) is 76.0 cm³/mol. The van der Waals surface area contributed by atoms with Gasteiger partial charge in [0.15, 0.2) is 0 Å². The van der Waals surface area contributed by atoms with E-state index in [0.29, 0.717) is 5.41 Å². The molecule has 18 heavy (non-hydrogen) atoms. The van der Waals surface area contributed by atoms with E-state index in [2.05, 4.69) is 33.2 Å². The Kier molecular flexibility index (Phi) is 2.95. The Bertz CT molecular complexity index is 543. The molecular weight excluding hydrogens is 244 g/mol. The van der Waals surface area contributed by atoms with Gasteiger partial charge < -0.3 is 10.6 Å². The Labute approximate surface area is 111 Å². The van der Waals surface area contributed by atoms with Crippen LogP contribution >= 0.6 is 11.3 Å². The van der Waals surface area contributed by atoms with Gasteiger partial charge in [-0.3, -0.25) is 0 Å². The standard InChI is InChI=1S/C13H18N4S/c1-13(8-14)3-5-17(6-4-13)11-10-2-7-18-12(10)16-9-15-11/h2,7,9H,3-6,8,14H2,1H3. The molecule has 0 bridgehead atoms. The molecule has 3 heterocycles. The monoisotopic (exact) mass is 262 g/mol. The average Bonchev–Trinajstić information content (AvgIpc) is 2.88. The summed E-state index contributed by atoms with van der Waals surface area (Å²) in [6.45, 7) is 5.13. The van der Waals surface area contributed by atoms with Crippen molar-refractivity contribution >= 4 is 27.4 Å². The van der Waals surface area contributed by atoms with E-state index in [0.717, 1.165) is 43.1 Å². The van der Waals surface area contributed by atoms with Crippen molar-refractivity contribution in [2.75, 3.05) is 24.5 Å². The van der Waals surface area contributed by atoms with E-state index in [-0.39, 0.29) is 0 Å². The second-order valence-electron chi connectivity index (χ2n) is 5.34. The number of rotatable bonds is 2. The third kappa shape index (κ3) is 1.97. The van der Waals surface area contributed by atoms with E-state index in [1.165, 1.54) is 5.39 Å². The van der Waals surface area contributed by atoms with Crippen LogP contribution < -0.4 is 10.6 Å². The van der Waals surface area contributed by atoms with Crippen LogP contribution in [0.15, 0.2) is 17.8 Å². The van der Waals surface area contributed by atoms with Crippen LogP contribution in [-0.2, 0) is 0 Å². The van der Waals surface area contributed by atoms with Crippen LogP contribution in [0, 0.1) is 5.41 Å². The highest BCUT2D eigenvalue weighted by Crippen LogP contribution is 2.34. The number of piperidine rings is 1. The number of thiophene rings is 1. The quantitative estimate of drug-likeness (QED) is 0.902. The molecule has 0 radical (unpaired) electrons. The van der Waals surface area contributed by atoms with Crippen LogP contribution in [-0.4, -0.2) is 29.6 Å².